The molecule has 1 aromatic rings. The second kappa shape index (κ2) is 3.48. The first kappa shape index (κ1) is 8.20. The van der Waals surface area contributed by atoms with Gasteiger partial charge in [0, 0.05) is 0 Å². The zero-order valence-corrected chi connectivity index (χ0v) is 6.46. The van der Waals surface area contributed by atoms with Crippen LogP contribution in [-0.4, -0.2) is 21.1 Å². The third-order valence-corrected chi connectivity index (χ3v) is 1.09. The largest absolute Gasteiger partial charge is 0.292 e. The Balaban J connectivity index is 2.53. The van der Waals surface area contributed by atoms with E-state index in [2.05, 4.69) is 20.5 Å². The summed E-state index contributed by atoms with van der Waals surface area (Å²) in [7, 11) is 0. The molecule has 0 bridgehead atoms. The minimum atomic E-state index is -0.406. The van der Waals surface area contributed by atoms with Gasteiger partial charge in [-0.05, 0) is 6.92 Å². The number of hydrogen-bond acceptors (Lipinski definition) is 4. The van der Waals surface area contributed by atoms with Gasteiger partial charge in [0.1, 0.15) is 12.2 Å². The topological polar surface area (TPSA) is 94.5 Å². The van der Waals surface area contributed by atoms with Gasteiger partial charge in [-0.2, -0.15) is 10.2 Å². The van der Waals surface area contributed by atoms with E-state index in [1.54, 1.807) is 13.0 Å². The molecule has 0 radical (unpaired) electrons. The van der Waals surface area contributed by atoms with Gasteiger partial charge in [0.25, 0.3) is 0 Å². The summed E-state index contributed by atoms with van der Waals surface area (Å²) >= 11 is 0. The van der Waals surface area contributed by atoms with E-state index in [-0.39, 0.29) is 12.4 Å². The minimum absolute atomic E-state index is 0.187. The Kier molecular flexibility index (Phi) is 2.38. The number of carbonyl (C=O) groups is 1. The summed E-state index contributed by atoms with van der Waals surface area (Å²) in [5.41, 5.74) is 0. The maximum absolute atomic E-state index is 10.8. The van der Waals surface area contributed by atoms with E-state index < -0.39 is 5.91 Å². The maximum atomic E-state index is 10.8. The number of H-pyrrole nitrogens is 1. The third-order valence-electron chi connectivity index (χ3n) is 1.09. The fourth-order valence-electron chi connectivity index (χ4n) is 0.639. The molecular weight excluding hydrogens is 158 g/mol. The Labute approximate surface area is 68.6 Å². The fourth-order valence-corrected chi connectivity index (χ4v) is 0.639. The minimum Gasteiger partial charge on any atom is -0.292 e. The molecule has 1 heterocycles. The summed E-state index contributed by atoms with van der Waals surface area (Å²) in [5.74, 6) is 0.409. The Hall–Kier alpha value is -1.90. The van der Waals surface area contributed by atoms with Crippen LogP contribution in [0, 0.1) is 18.3 Å². The summed E-state index contributed by atoms with van der Waals surface area (Å²) in [4.78, 5) is 14.6. The highest BCUT2D eigenvalue weighted by molar-refractivity contribution is 5.90. The van der Waals surface area contributed by atoms with Crippen molar-refractivity contribution in [3.8, 4) is 6.07 Å². The standard InChI is InChI=1S/C6H7N5O/c1-4-8-6(11-10-4)9-5(12)2-3-7/h2H2,1H3,(H2,8,9,10,11,12). The molecule has 0 atom stereocenters. The van der Waals surface area contributed by atoms with Gasteiger partial charge in [-0.1, -0.05) is 0 Å². The SMILES string of the molecule is Cc1nc(NC(=O)CC#N)n[nH]1. The van der Waals surface area contributed by atoms with Gasteiger partial charge in [0.05, 0.1) is 6.07 Å². The number of aryl methyl sites for hydroxylation is 1. The zero-order chi connectivity index (χ0) is 8.97. The molecule has 1 amide bonds. The van der Waals surface area contributed by atoms with Gasteiger partial charge in [0.2, 0.25) is 11.9 Å². The van der Waals surface area contributed by atoms with Crippen molar-refractivity contribution in [3.63, 3.8) is 0 Å². The Morgan fingerprint density at radius 2 is 2.58 bits per heavy atom. The molecule has 0 saturated heterocycles. The zero-order valence-electron chi connectivity index (χ0n) is 6.46. The highest BCUT2D eigenvalue weighted by atomic mass is 16.1. The molecule has 2 N–H and O–H groups in total. The van der Waals surface area contributed by atoms with Crippen LogP contribution in [0.1, 0.15) is 12.2 Å². The number of amides is 1. The molecule has 0 saturated carbocycles. The first-order chi connectivity index (χ1) is 5.72. The molecule has 6 heteroatoms. The van der Waals surface area contributed by atoms with Gasteiger partial charge >= 0.3 is 0 Å². The Morgan fingerprint density at radius 1 is 1.83 bits per heavy atom. The molecule has 0 aliphatic carbocycles. The number of nitriles is 1. The van der Waals surface area contributed by atoms with Gasteiger partial charge in [0.15, 0.2) is 0 Å². The van der Waals surface area contributed by atoms with Gasteiger partial charge in [-0.25, -0.2) is 0 Å². The van der Waals surface area contributed by atoms with Crippen LogP contribution in [0.15, 0.2) is 0 Å². The smallest absolute Gasteiger partial charge is 0.248 e. The van der Waals surface area contributed by atoms with E-state index in [1.807, 2.05) is 0 Å². The van der Waals surface area contributed by atoms with E-state index in [0.717, 1.165) is 0 Å². The number of nitrogens with one attached hydrogen (secondary N) is 2. The highest BCUT2D eigenvalue weighted by Gasteiger charge is 2.03. The highest BCUT2D eigenvalue weighted by Crippen LogP contribution is 1.96. The van der Waals surface area contributed by atoms with Crippen molar-refractivity contribution in [1.29, 1.82) is 5.26 Å². The van der Waals surface area contributed by atoms with Crippen molar-refractivity contribution in [2.75, 3.05) is 5.32 Å². The number of nitrogens with zero attached hydrogens (tertiary/aromatic N) is 3. The molecule has 6 nitrogen and oxygen atoms in total. The predicted molar refractivity (Wildman–Crippen MR) is 40.0 cm³/mol. The van der Waals surface area contributed by atoms with Crippen molar-refractivity contribution in [3.05, 3.63) is 5.82 Å². The van der Waals surface area contributed by atoms with E-state index in [4.69, 9.17) is 5.26 Å². The monoisotopic (exact) mass is 165 g/mol. The number of aromatic nitrogens is 3. The van der Waals surface area contributed by atoms with Crippen LogP contribution in [0.3, 0.4) is 0 Å². The summed E-state index contributed by atoms with van der Waals surface area (Å²) in [6.45, 7) is 1.72. The number of rotatable bonds is 2. The normalized spacial score (nSPS) is 9.00. The molecule has 0 aliphatic rings. The molecule has 0 spiro atoms. The van der Waals surface area contributed by atoms with Crippen LogP contribution in [-0.2, 0) is 4.79 Å². The van der Waals surface area contributed by atoms with Gasteiger partial charge < -0.3 is 0 Å². The average molecular weight is 165 g/mol. The summed E-state index contributed by atoms with van der Waals surface area (Å²) in [5, 5.41) is 16.7. The first-order valence-corrected chi connectivity index (χ1v) is 3.28. The lowest BCUT2D eigenvalue weighted by molar-refractivity contribution is -0.115. The van der Waals surface area contributed by atoms with Crippen LogP contribution in [0.4, 0.5) is 5.95 Å². The van der Waals surface area contributed by atoms with Gasteiger partial charge in [-0.15, -0.1) is 5.10 Å². The van der Waals surface area contributed by atoms with Crippen molar-refractivity contribution in [2.45, 2.75) is 13.3 Å². The Bertz CT molecular complexity index is 323. The lowest BCUT2D eigenvalue weighted by Crippen LogP contribution is -2.11. The second-order valence-corrected chi connectivity index (χ2v) is 2.13. The van der Waals surface area contributed by atoms with Crippen molar-refractivity contribution in [1.82, 2.24) is 15.2 Å². The lowest BCUT2D eigenvalue weighted by atomic mass is 10.4. The third kappa shape index (κ3) is 2.05. The van der Waals surface area contributed by atoms with Crippen LogP contribution in [0.2, 0.25) is 0 Å². The predicted octanol–water partition coefficient (Wildman–Crippen LogP) is -0.0347. The summed E-state index contributed by atoms with van der Waals surface area (Å²) in [6.07, 6.45) is -0.187. The molecule has 0 aliphatic heterocycles. The number of hydrogen-bond donors (Lipinski definition) is 2. The van der Waals surface area contributed by atoms with Crippen molar-refractivity contribution in [2.24, 2.45) is 0 Å². The molecule has 1 rings (SSSR count). The van der Waals surface area contributed by atoms with Crippen LogP contribution >= 0.6 is 0 Å². The van der Waals surface area contributed by atoms with Crippen LogP contribution < -0.4 is 5.32 Å². The molecule has 1 aromatic heterocycles. The molecule has 0 fully saturated rings. The van der Waals surface area contributed by atoms with Crippen LogP contribution in [0.25, 0.3) is 0 Å². The van der Waals surface area contributed by atoms with E-state index >= 15 is 0 Å². The summed E-state index contributed by atoms with van der Waals surface area (Å²) in [6, 6.07) is 1.72. The summed E-state index contributed by atoms with van der Waals surface area (Å²) < 4.78 is 0. The average Bonchev–Trinajstić information content (AvgIpc) is 2.36. The van der Waals surface area contributed by atoms with Crippen LogP contribution in [0.5, 0.6) is 0 Å². The number of carbonyl (C=O) groups excluding carboxylic acids is 1. The van der Waals surface area contributed by atoms with E-state index in [0.29, 0.717) is 5.82 Å². The second-order valence-electron chi connectivity index (χ2n) is 2.13. The quantitative estimate of drug-likeness (QED) is 0.643. The lowest BCUT2D eigenvalue weighted by Gasteiger charge is -1.92. The number of anilines is 1. The van der Waals surface area contributed by atoms with Crippen molar-refractivity contribution < 1.29 is 4.79 Å². The number of aromatic amines is 1. The fraction of sp³-hybridized carbons (Fsp3) is 0.333. The first-order valence-electron chi connectivity index (χ1n) is 3.28. The molecule has 0 aromatic carbocycles. The van der Waals surface area contributed by atoms with E-state index in [9.17, 15) is 4.79 Å². The maximum Gasteiger partial charge on any atom is 0.248 e. The molecule has 0 unspecified atom stereocenters. The molecule has 62 valence electrons. The molecular formula is C6H7N5O. The molecule has 12 heavy (non-hydrogen) atoms. The van der Waals surface area contributed by atoms with Gasteiger partial charge in [-0.3, -0.25) is 15.2 Å². The Morgan fingerprint density at radius 3 is 3.08 bits per heavy atom. The van der Waals surface area contributed by atoms with Crippen molar-refractivity contribution >= 4 is 11.9 Å². The van der Waals surface area contributed by atoms with E-state index in [1.165, 1.54) is 0 Å².